The van der Waals surface area contributed by atoms with Gasteiger partial charge in [0.2, 0.25) is 5.82 Å². The minimum absolute atomic E-state index is 0.184. The van der Waals surface area contributed by atoms with E-state index in [0.717, 1.165) is 11.1 Å². The van der Waals surface area contributed by atoms with E-state index in [1.165, 1.54) is 4.57 Å². The van der Waals surface area contributed by atoms with Crippen molar-refractivity contribution >= 4 is 10.9 Å². The maximum Gasteiger partial charge on any atom is 0.329 e. The molecule has 0 amide bonds. The molecule has 9 nitrogen and oxygen atoms in total. The van der Waals surface area contributed by atoms with Gasteiger partial charge in [0.15, 0.2) is 0 Å². The van der Waals surface area contributed by atoms with Crippen LogP contribution in [-0.4, -0.2) is 33.9 Å². The minimum atomic E-state index is -0.491. The summed E-state index contributed by atoms with van der Waals surface area (Å²) in [7, 11) is 3.12. The van der Waals surface area contributed by atoms with Gasteiger partial charge in [0.05, 0.1) is 31.7 Å². The third kappa shape index (κ3) is 4.31. The molecular formula is C26H22N4O5. The van der Waals surface area contributed by atoms with Gasteiger partial charge in [0.25, 0.3) is 11.4 Å². The van der Waals surface area contributed by atoms with Gasteiger partial charge in [-0.3, -0.25) is 9.36 Å². The van der Waals surface area contributed by atoms with Gasteiger partial charge >= 0.3 is 5.69 Å². The summed E-state index contributed by atoms with van der Waals surface area (Å²) in [5.41, 5.74) is 2.73. The molecule has 35 heavy (non-hydrogen) atoms. The van der Waals surface area contributed by atoms with E-state index in [1.54, 1.807) is 50.6 Å². The fourth-order valence-corrected chi connectivity index (χ4v) is 3.80. The van der Waals surface area contributed by atoms with Crippen LogP contribution < -0.4 is 20.7 Å². The normalized spacial score (nSPS) is 11.1. The molecule has 0 spiro atoms. The van der Waals surface area contributed by atoms with Crippen molar-refractivity contribution < 1.29 is 14.0 Å². The zero-order valence-electron chi connectivity index (χ0n) is 19.4. The van der Waals surface area contributed by atoms with E-state index in [4.69, 9.17) is 14.0 Å². The van der Waals surface area contributed by atoms with Crippen LogP contribution >= 0.6 is 0 Å². The van der Waals surface area contributed by atoms with E-state index < -0.39 is 5.69 Å². The quantitative estimate of drug-likeness (QED) is 0.402. The number of ether oxygens (including phenoxy) is 2. The fraction of sp³-hybridized carbons (Fsp3) is 0.154. The molecule has 0 unspecified atom stereocenters. The molecule has 0 atom stereocenters. The standard InChI is InChI=1S/C26H22N4O5/c1-15-4-6-16(7-5-15)14-30-25(31)21-9-8-17(12-22(21)27-26(30)32)24-28-23(29-35-24)18-10-19(33-2)13-20(11-18)34-3/h4-13H,14H2,1-3H3,(H,27,32). The number of aromatic nitrogens is 4. The molecule has 0 aliphatic heterocycles. The number of H-pyrrole nitrogens is 1. The number of rotatable bonds is 6. The maximum atomic E-state index is 13.0. The van der Waals surface area contributed by atoms with Crippen molar-refractivity contribution in [1.82, 2.24) is 19.7 Å². The van der Waals surface area contributed by atoms with Crippen LogP contribution in [-0.2, 0) is 6.54 Å². The van der Waals surface area contributed by atoms with Crippen molar-refractivity contribution in [3.63, 3.8) is 0 Å². The van der Waals surface area contributed by atoms with Crippen LogP contribution in [0.2, 0.25) is 0 Å². The van der Waals surface area contributed by atoms with Crippen molar-refractivity contribution in [2.75, 3.05) is 14.2 Å². The Balaban J connectivity index is 1.50. The van der Waals surface area contributed by atoms with Crippen LogP contribution in [0.5, 0.6) is 11.5 Å². The van der Waals surface area contributed by atoms with Crippen molar-refractivity contribution in [3.05, 3.63) is 92.6 Å². The first kappa shape index (κ1) is 22.1. The Morgan fingerprint density at radius 1 is 0.914 bits per heavy atom. The van der Waals surface area contributed by atoms with E-state index in [0.29, 0.717) is 39.4 Å². The minimum Gasteiger partial charge on any atom is -0.497 e. The highest BCUT2D eigenvalue weighted by atomic mass is 16.5. The molecule has 0 aliphatic carbocycles. The van der Waals surface area contributed by atoms with Crippen LogP contribution in [0.4, 0.5) is 0 Å². The summed E-state index contributed by atoms with van der Waals surface area (Å²) in [5.74, 6) is 1.78. The average Bonchev–Trinajstić information content (AvgIpc) is 3.37. The lowest BCUT2D eigenvalue weighted by molar-refractivity contribution is 0.394. The smallest absolute Gasteiger partial charge is 0.329 e. The Morgan fingerprint density at radius 2 is 1.63 bits per heavy atom. The van der Waals surface area contributed by atoms with E-state index in [1.807, 2.05) is 31.2 Å². The molecular weight excluding hydrogens is 448 g/mol. The van der Waals surface area contributed by atoms with Crippen molar-refractivity contribution in [2.24, 2.45) is 0 Å². The molecule has 5 aromatic rings. The number of hydrogen-bond donors (Lipinski definition) is 1. The second-order valence-corrected chi connectivity index (χ2v) is 8.09. The summed E-state index contributed by atoms with van der Waals surface area (Å²) in [4.78, 5) is 33.0. The van der Waals surface area contributed by atoms with Gasteiger partial charge in [-0.25, -0.2) is 4.79 Å². The molecule has 0 saturated carbocycles. The lowest BCUT2D eigenvalue weighted by Crippen LogP contribution is -2.35. The van der Waals surface area contributed by atoms with Crippen molar-refractivity contribution in [2.45, 2.75) is 13.5 Å². The summed E-state index contributed by atoms with van der Waals surface area (Å²) in [6.45, 7) is 2.17. The van der Waals surface area contributed by atoms with Crippen molar-refractivity contribution in [3.8, 4) is 34.3 Å². The number of methoxy groups -OCH3 is 2. The Morgan fingerprint density at radius 3 is 2.31 bits per heavy atom. The zero-order valence-corrected chi connectivity index (χ0v) is 19.4. The van der Waals surface area contributed by atoms with Gasteiger partial charge in [-0.1, -0.05) is 35.0 Å². The first-order chi connectivity index (χ1) is 16.9. The van der Waals surface area contributed by atoms with Crippen LogP contribution in [0.1, 0.15) is 11.1 Å². The van der Waals surface area contributed by atoms with Crippen LogP contribution in [0.3, 0.4) is 0 Å². The first-order valence-corrected chi connectivity index (χ1v) is 10.8. The maximum absolute atomic E-state index is 13.0. The monoisotopic (exact) mass is 470 g/mol. The largest absolute Gasteiger partial charge is 0.497 e. The Kier molecular flexibility index (Phi) is 5.66. The van der Waals surface area contributed by atoms with Crippen molar-refractivity contribution in [1.29, 1.82) is 0 Å². The highest BCUT2D eigenvalue weighted by Gasteiger charge is 2.15. The van der Waals surface area contributed by atoms with Gasteiger partial charge in [-0.15, -0.1) is 0 Å². The lowest BCUT2D eigenvalue weighted by atomic mass is 10.1. The van der Waals surface area contributed by atoms with E-state index in [2.05, 4.69) is 15.1 Å². The average molecular weight is 470 g/mol. The van der Waals surface area contributed by atoms with Gasteiger partial charge in [-0.05, 0) is 42.8 Å². The summed E-state index contributed by atoms with van der Waals surface area (Å²) < 4.78 is 17.2. The van der Waals surface area contributed by atoms with Crippen LogP contribution in [0.15, 0.2) is 74.8 Å². The molecule has 2 heterocycles. The summed E-state index contributed by atoms with van der Waals surface area (Å²) in [6.07, 6.45) is 0. The molecule has 2 aromatic heterocycles. The first-order valence-electron chi connectivity index (χ1n) is 10.8. The van der Waals surface area contributed by atoms with E-state index >= 15 is 0 Å². The molecule has 0 bridgehead atoms. The summed E-state index contributed by atoms with van der Waals surface area (Å²) in [6, 6.07) is 18.0. The van der Waals surface area contributed by atoms with Gasteiger partial charge in [0.1, 0.15) is 11.5 Å². The van der Waals surface area contributed by atoms with Crippen LogP contribution in [0.25, 0.3) is 33.7 Å². The topological polar surface area (TPSA) is 112 Å². The number of benzene rings is 3. The third-order valence-corrected chi connectivity index (χ3v) is 5.73. The Labute approximate surface area is 199 Å². The lowest BCUT2D eigenvalue weighted by Gasteiger charge is -2.07. The van der Waals surface area contributed by atoms with Gasteiger partial charge in [-0.2, -0.15) is 4.98 Å². The fourth-order valence-electron chi connectivity index (χ4n) is 3.80. The molecule has 176 valence electrons. The van der Waals surface area contributed by atoms with Gasteiger partial charge in [0, 0.05) is 17.2 Å². The second-order valence-electron chi connectivity index (χ2n) is 8.09. The molecule has 1 N–H and O–H groups in total. The molecule has 9 heteroatoms. The summed E-state index contributed by atoms with van der Waals surface area (Å²) >= 11 is 0. The predicted molar refractivity (Wildman–Crippen MR) is 131 cm³/mol. The number of aryl methyl sites for hydroxylation is 1. The number of nitrogens with zero attached hydrogens (tertiary/aromatic N) is 3. The molecule has 0 radical (unpaired) electrons. The molecule has 5 rings (SSSR count). The number of hydrogen-bond acceptors (Lipinski definition) is 7. The molecule has 0 fully saturated rings. The third-order valence-electron chi connectivity index (χ3n) is 5.73. The highest BCUT2D eigenvalue weighted by Crippen LogP contribution is 2.30. The highest BCUT2D eigenvalue weighted by molar-refractivity contribution is 5.82. The van der Waals surface area contributed by atoms with Crippen LogP contribution in [0, 0.1) is 6.92 Å². The molecule has 3 aromatic carbocycles. The molecule has 0 saturated heterocycles. The number of nitrogens with one attached hydrogen (secondary N) is 1. The predicted octanol–water partition coefficient (Wildman–Crippen LogP) is 3.78. The Bertz CT molecular complexity index is 1630. The van der Waals surface area contributed by atoms with E-state index in [9.17, 15) is 9.59 Å². The zero-order chi connectivity index (χ0) is 24.5. The van der Waals surface area contributed by atoms with Gasteiger partial charge < -0.3 is 19.0 Å². The number of aromatic amines is 1. The van der Waals surface area contributed by atoms with E-state index in [-0.39, 0.29) is 18.0 Å². The SMILES string of the molecule is COc1cc(OC)cc(-c2noc(-c3ccc4c(=O)n(Cc5ccc(C)cc5)c(=O)[nH]c4c3)n2)c1. The molecule has 0 aliphatic rings. The number of fused-ring (bicyclic) bond motifs is 1. The Hall–Kier alpha value is -4.66. The summed E-state index contributed by atoms with van der Waals surface area (Å²) in [5, 5.41) is 4.45. The second kappa shape index (κ2) is 8.94.